The third-order valence-electron chi connectivity index (χ3n) is 3.47. The number of hydrogen-bond acceptors (Lipinski definition) is 6. The van der Waals surface area contributed by atoms with Crippen LogP contribution in [-0.4, -0.2) is 46.3 Å². The average Bonchev–Trinajstić information content (AvgIpc) is 2.36. The van der Waals surface area contributed by atoms with E-state index in [1.165, 1.54) is 7.11 Å². The Kier molecular flexibility index (Phi) is 7.19. The first-order valence-corrected chi connectivity index (χ1v) is 7.08. The fourth-order valence-corrected chi connectivity index (χ4v) is 3.11. The predicted octanol–water partition coefficient (Wildman–Crippen LogP) is 1.01. The molecule has 0 aromatic rings. The number of hydrogen-bond donors (Lipinski definition) is 3. The summed E-state index contributed by atoms with van der Waals surface area (Å²) in [7, 11) is 1.34. The summed E-state index contributed by atoms with van der Waals surface area (Å²) in [6, 6.07) is 2.10. The van der Waals surface area contributed by atoms with E-state index in [9.17, 15) is 4.79 Å². The second kappa shape index (κ2) is 7.92. The molecule has 1 aliphatic rings. The maximum atomic E-state index is 11.6. The molecule has 0 radical (unpaired) electrons. The third kappa shape index (κ3) is 7.10. The number of nitriles is 1. The number of carboxylic acids is 2. The van der Waals surface area contributed by atoms with Gasteiger partial charge < -0.3 is 20.3 Å². The third-order valence-corrected chi connectivity index (χ3v) is 3.47. The van der Waals surface area contributed by atoms with Crippen molar-refractivity contribution in [3.8, 4) is 6.07 Å². The van der Waals surface area contributed by atoms with E-state index in [-0.39, 0.29) is 17.0 Å². The Morgan fingerprint density at radius 2 is 1.52 bits per heavy atom. The van der Waals surface area contributed by atoms with Crippen LogP contribution in [0.4, 0.5) is 0 Å². The Morgan fingerprint density at radius 3 is 1.78 bits per heavy atom. The van der Waals surface area contributed by atoms with Crippen molar-refractivity contribution in [1.29, 1.82) is 5.26 Å². The zero-order valence-corrected chi connectivity index (χ0v) is 14.0. The van der Waals surface area contributed by atoms with Gasteiger partial charge >= 0.3 is 17.9 Å². The molecule has 1 atom stereocenters. The fourth-order valence-electron chi connectivity index (χ4n) is 3.11. The van der Waals surface area contributed by atoms with Crippen molar-refractivity contribution in [3.05, 3.63) is 0 Å². The van der Waals surface area contributed by atoms with Gasteiger partial charge in [0.05, 0.1) is 13.2 Å². The lowest BCUT2D eigenvalue weighted by Crippen LogP contribution is -2.59. The summed E-state index contributed by atoms with van der Waals surface area (Å²) in [4.78, 5) is 29.8. The molecule has 8 heteroatoms. The van der Waals surface area contributed by atoms with E-state index in [0.717, 1.165) is 12.8 Å². The maximum absolute atomic E-state index is 11.6. The number of rotatable bonds is 2. The quantitative estimate of drug-likeness (QED) is 0.504. The van der Waals surface area contributed by atoms with Crippen LogP contribution in [0.15, 0.2) is 0 Å². The van der Waals surface area contributed by atoms with Gasteiger partial charge in [-0.15, -0.1) is 0 Å². The average molecular weight is 328 g/mol. The number of aliphatic carboxylic acids is 2. The lowest BCUT2D eigenvalue weighted by Gasteiger charge is -2.47. The molecule has 1 heterocycles. The molecule has 130 valence electrons. The first kappa shape index (κ1) is 20.9. The highest BCUT2D eigenvalue weighted by Crippen LogP contribution is 2.37. The van der Waals surface area contributed by atoms with Crippen LogP contribution in [0.3, 0.4) is 0 Å². The van der Waals surface area contributed by atoms with Crippen LogP contribution in [0.1, 0.15) is 40.5 Å². The molecule has 0 bridgehead atoms. The van der Waals surface area contributed by atoms with Gasteiger partial charge in [-0.1, -0.05) is 0 Å². The van der Waals surface area contributed by atoms with Crippen molar-refractivity contribution in [1.82, 2.24) is 5.32 Å². The van der Waals surface area contributed by atoms with Gasteiger partial charge in [-0.25, -0.2) is 9.59 Å². The van der Waals surface area contributed by atoms with Gasteiger partial charge in [-0.05, 0) is 46.5 Å². The fraction of sp³-hybridized carbons (Fsp3) is 0.733. The van der Waals surface area contributed by atoms with Crippen LogP contribution in [-0.2, 0) is 19.1 Å². The predicted molar refractivity (Wildman–Crippen MR) is 80.4 cm³/mol. The minimum absolute atomic E-state index is 0.0544. The van der Waals surface area contributed by atoms with Gasteiger partial charge in [0.25, 0.3) is 0 Å². The summed E-state index contributed by atoms with van der Waals surface area (Å²) >= 11 is 0. The van der Waals surface area contributed by atoms with Crippen LogP contribution < -0.4 is 5.32 Å². The number of carbonyl (C=O) groups is 3. The van der Waals surface area contributed by atoms with Crippen molar-refractivity contribution in [2.45, 2.75) is 51.6 Å². The van der Waals surface area contributed by atoms with Crippen LogP contribution in [0, 0.1) is 23.2 Å². The Hall–Kier alpha value is -2.14. The monoisotopic (exact) mass is 328 g/mol. The smallest absolute Gasteiger partial charge is 0.414 e. The van der Waals surface area contributed by atoms with Crippen LogP contribution in [0.2, 0.25) is 0 Å². The highest BCUT2D eigenvalue weighted by atomic mass is 16.5. The minimum Gasteiger partial charge on any atom is -0.473 e. The van der Waals surface area contributed by atoms with Gasteiger partial charge in [0.2, 0.25) is 0 Å². The number of carboxylic acid groups (broad SMARTS) is 2. The van der Waals surface area contributed by atoms with Crippen LogP contribution >= 0.6 is 0 Å². The number of nitrogens with zero attached hydrogens (tertiary/aromatic N) is 1. The van der Waals surface area contributed by atoms with Crippen molar-refractivity contribution >= 4 is 17.9 Å². The van der Waals surface area contributed by atoms with E-state index < -0.39 is 23.8 Å². The first-order chi connectivity index (χ1) is 10.3. The Labute approximate surface area is 135 Å². The molecule has 0 spiro atoms. The SMILES string of the molecule is COC(=O)C(C#N)C1CC(C)(C)NC(C)(C)C1.O=C(O)C(=O)O. The van der Waals surface area contributed by atoms with E-state index in [0.29, 0.717) is 0 Å². The van der Waals surface area contributed by atoms with Crippen LogP contribution in [0.5, 0.6) is 0 Å². The Morgan fingerprint density at radius 1 is 1.13 bits per heavy atom. The van der Waals surface area contributed by atoms with Crippen LogP contribution in [0.25, 0.3) is 0 Å². The number of piperidine rings is 1. The van der Waals surface area contributed by atoms with E-state index in [1.807, 2.05) is 0 Å². The molecular formula is C15H24N2O6. The molecule has 0 amide bonds. The second-order valence-electron chi connectivity index (χ2n) is 6.80. The molecule has 3 N–H and O–H groups in total. The van der Waals surface area contributed by atoms with Crippen molar-refractivity contribution in [2.75, 3.05) is 7.11 Å². The Bertz CT molecular complexity index is 479. The molecule has 0 aliphatic carbocycles. The van der Waals surface area contributed by atoms with Gasteiger partial charge in [-0.2, -0.15) is 5.26 Å². The zero-order valence-electron chi connectivity index (χ0n) is 14.0. The molecule has 0 aromatic carbocycles. The van der Waals surface area contributed by atoms with Crippen molar-refractivity contribution in [2.24, 2.45) is 11.8 Å². The summed E-state index contributed by atoms with van der Waals surface area (Å²) in [6.45, 7) is 8.42. The molecule has 23 heavy (non-hydrogen) atoms. The maximum Gasteiger partial charge on any atom is 0.414 e. The zero-order chi connectivity index (χ0) is 18.4. The molecule has 1 unspecified atom stereocenters. The molecular weight excluding hydrogens is 304 g/mol. The molecule has 1 rings (SSSR count). The second-order valence-corrected chi connectivity index (χ2v) is 6.80. The van der Waals surface area contributed by atoms with Crippen molar-refractivity contribution < 1.29 is 29.3 Å². The standard InChI is InChI=1S/C13H22N2O2.C2H2O4/c1-12(2)6-9(7-13(3,4)15-12)10(8-14)11(16)17-5;3-1(4)2(5)6/h9-10,15H,6-7H2,1-5H3;(H,3,4)(H,5,6). The normalized spacial score (nSPS) is 20.2. The molecule has 1 aliphatic heterocycles. The van der Waals surface area contributed by atoms with E-state index >= 15 is 0 Å². The molecule has 1 fully saturated rings. The summed E-state index contributed by atoms with van der Waals surface area (Å²) in [5.41, 5.74) is -0.120. The van der Waals surface area contributed by atoms with Gasteiger partial charge in [-0.3, -0.25) is 4.79 Å². The van der Waals surface area contributed by atoms with E-state index in [2.05, 4.69) is 39.1 Å². The lowest BCUT2D eigenvalue weighted by atomic mass is 9.71. The van der Waals surface area contributed by atoms with Gasteiger partial charge in [0.15, 0.2) is 0 Å². The first-order valence-electron chi connectivity index (χ1n) is 7.08. The van der Waals surface area contributed by atoms with Gasteiger partial charge in [0, 0.05) is 11.1 Å². The molecule has 8 nitrogen and oxygen atoms in total. The summed E-state index contributed by atoms with van der Waals surface area (Å²) in [5, 5.41) is 27.5. The Balaban J connectivity index is 0.000000688. The molecule has 0 aromatic heterocycles. The largest absolute Gasteiger partial charge is 0.473 e. The highest BCUT2D eigenvalue weighted by Gasteiger charge is 2.43. The number of nitrogens with one attached hydrogen (secondary N) is 1. The summed E-state index contributed by atoms with van der Waals surface area (Å²) in [6.07, 6.45) is 1.62. The number of ether oxygens (including phenoxy) is 1. The van der Waals surface area contributed by atoms with E-state index in [1.54, 1.807) is 0 Å². The van der Waals surface area contributed by atoms with Crippen molar-refractivity contribution in [3.63, 3.8) is 0 Å². The molecule has 0 saturated carbocycles. The minimum atomic E-state index is -1.82. The molecule has 1 saturated heterocycles. The number of carbonyl (C=O) groups excluding carboxylic acids is 1. The topological polar surface area (TPSA) is 137 Å². The highest BCUT2D eigenvalue weighted by molar-refractivity contribution is 6.27. The van der Waals surface area contributed by atoms with Gasteiger partial charge in [0.1, 0.15) is 5.92 Å². The summed E-state index contributed by atoms with van der Waals surface area (Å²) in [5.74, 6) is -4.66. The number of esters is 1. The summed E-state index contributed by atoms with van der Waals surface area (Å²) < 4.78 is 4.71. The lowest BCUT2D eigenvalue weighted by molar-refractivity contribution is -0.159. The van der Waals surface area contributed by atoms with E-state index in [4.69, 9.17) is 29.8 Å². The number of methoxy groups -OCH3 is 1.